The molecule has 2 atom stereocenters. The van der Waals surface area contributed by atoms with Crippen LogP contribution in [0, 0.1) is 0 Å². The van der Waals surface area contributed by atoms with Gasteiger partial charge in [0.25, 0.3) is 0 Å². The van der Waals surface area contributed by atoms with Crippen LogP contribution in [-0.2, 0) is 16.6 Å². The first-order valence-corrected chi connectivity index (χ1v) is 8.93. The number of nitrogens with one attached hydrogen (secondary N) is 1. The van der Waals surface area contributed by atoms with E-state index in [1.165, 1.54) is 11.1 Å². The SMILES string of the molecule is CCC1(CC)c2cc(C(N)=O)ccc2C[C@@H](OC)[C@@H]1NCCCN. The lowest BCUT2D eigenvalue weighted by atomic mass is 9.62. The second-order valence-electron chi connectivity index (χ2n) is 6.65. The molecule has 1 aliphatic carbocycles. The van der Waals surface area contributed by atoms with Gasteiger partial charge < -0.3 is 21.5 Å². The third-order valence-corrected chi connectivity index (χ3v) is 5.63. The van der Waals surface area contributed by atoms with Crippen LogP contribution in [0.4, 0.5) is 0 Å². The highest BCUT2D eigenvalue weighted by molar-refractivity contribution is 5.93. The highest BCUT2D eigenvalue weighted by Crippen LogP contribution is 2.44. The second-order valence-corrected chi connectivity index (χ2v) is 6.65. The van der Waals surface area contributed by atoms with Gasteiger partial charge in [0.15, 0.2) is 0 Å². The Bertz CT molecular complexity index is 570. The Kier molecular flexibility index (Phi) is 6.38. The van der Waals surface area contributed by atoms with Crippen LogP contribution in [0.3, 0.4) is 0 Å². The molecule has 5 heteroatoms. The molecule has 0 spiro atoms. The largest absolute Gasteiger partial charge is 0.379 e. The predicted octanol–water partition coefficient (Wildman–Crippen LogP) is 1.72. The van der Waals surface area contributed by atoms with Crippen molar-refractivity contribution in [3.05, 3.63) is 34.9 Å². The minimum Gasteiger partial charge on any atom is -0.379 e. The summed E-state index contributed by atoms with van der Waals surface area (Å²) in [7, 11) is 1.78. The number of nitrogens with two attached hydrogens (primary N) is 2. The summed E-state index contributed by atoms with van der Waals surface area (Å²) in [6.45, 7) is 5.96. The van der Waals surface area contributed by atoms with E-state index >= 15 is 0 Å². The Hall–Kier alpha value is -1.43. The highest BCUT2D eigenvalue weighted by Gasteiger charge is 2.46. The van der Waals surface area contributed by atoms with Gasteiger partial charge in [0.1, 0.15) is 0 Å². The van der Waals surface area contributed by atoms with Gasteiger partial charge in [0.05, 0.1) is 6.10 Å². The molecule has 1 aromatic rings. The smallest absolute Gasteiger partial charge is 0.248 e. The molecule has 2 rings (SSSR count). The fourth-order valence-electron chi connectivity index (χ4n) is 4.21. The van der Waals surface area contributed by atoms with E-state index in [1.54, 1.807) is 7.11 Å². The van der Waals surface area contributed by atoms with Crippen molar-refractivity contribution in [2.75, 3.05) is 20.2 Å². The first-order chi connectivity index (χ1) is 11.5. The van der Waals surface area contributed by atoms with Gasteiger partial charge in [-0.3, -0.25) is 4.79 Å². The van der Waals surface area contributed by atoms with E-state index in [4.69, 9.17) is 16.2 Å². The average Bonchev–Trinajstić information content (AvgIpc) is 2.60. The van der Waals surface area contributed by atoms with E-state index in [0.717, 1.165) is 32.2 Å². The van der Waals surface area contributed by atoms with Crippen molar-refractivity contribution in [3.8, 4) is 0 Å². The van der Waals surface area contributed by atoms with Crippen LogP contribution in [0.15, 0.2) is 18.2 Å². The van der Waals surface area contributed by atoms with Gasteiger partial charge in [0.2, 0.25) is 5.91 Å². The molecule has 0 aliphatic heterocycles. The number of fused-ring (bicyclic) bond motifs is 1. The molecule has 0 heterocycles. The summed E-state index contributed by atoms with van der Waals surface area (Å²) < 4.78 is 5.84. The van der Waals surface area contributed by atoms with Crippen LogP contribution in [0.25, 0.3) is 0 Å². The molecular weight excluding hydrogens is 302 g/mol. The quantitative estimate of drug-likeness (QED) is 0.632. The molecule has 1 aromatic carbocycles. The molecule has 0 saturated carbocycles. The predicted molar refractivity (Wildman–Crippen MR) is 97.2 cm³/mol. The molecule has 0 bridgehead atoms. The zero-order chi connectivity index (χ0) is 17.7. The third-order valence-electron chi connectivity index (χ3n) is 5.63. The normalized spacial score (nSPS) is 22.2. The standard InChI is InChI=1S/C19H31N3O2/c1-4-19(5-2)15-11-14(18(21)23)8-7-13(15)12-16(24-3)17(19)22-10-6-9-20/h7-8,11,16-17,22H,4-6,9-10,12,20H2,1-3H3,(H2,21,23)/t16-,17+/m1/s1. The number of carbonyl (C=O) groups is 1. The summed E-state index contributed by atoms with van der Waals surface area (Å²) in [5.74, 6) is -0.375. The first kappa shape index (κ1) is 18.9. The Morgan fingerprint density at radius 2 is 2.08 bits per heavy atom. The van der Waals surface area contributed by atoms with Gasteiger partial charge >= 0.3 is 0 Å². The summed E-state index contributed by atoms with van der Waals surface area (Å²) in [5.41, 5.74) is 14.2. The van der Waals surface area contributed by atoms with E-state index < -0.39 is 0 Å². The minimum absolute atomic E-state index is 0.0751. The lowest BCUT2D eigenvalue weighted by Crippen LogP contribution is -2.59. The maximum atomic E-state index is 11.7. The summed E-state index contributed by atoms with van der Waals surface area (Å²) >= 11 is 0. The van der Waals surface area contributed by atoms with Crippen LogP contribution in [0.2, 0.25) is 0 Å². The molecule has 24 heavy (non-hydrogen) atoms. The van der Waals surface area contributed by atoms with Crippen molar-refractivity contribution < 1.29 is 9.53 Å². The molecule has 0 unspecified atom stereocenters. The van der Waals surface area contributed by atoms with Crippen LogP contribution in [0.1, 0.15) is 54.6 Å². The fourth-order valence-corrected chi connectivity index (χ4v) is 4.21. The Balaban J connectivity index is 2.51. The van der Waals surface area contributed by atoms with Crippen molar-refractivity contribution in [2.45, 2.75) is 57.1 Å². The average molecular weight is 333 g/mol. The molecule has 5 N–H and O–H groups in total. The third kappa shape index (κ3) is 3.34. The van der Waals surface area contributed by atoms with Gasteiger partial charge in [-0.15, -0.1) is 0 Å². The summed E-state index contributed by atoms with van der Waals surface area (Å²) in [5, 5.41) is 3.68. The van der Waals surface area contributed by atoms with Crippen LogP contribution >= 0.6 is 0 Å². The molecule has 0 fully saturated rings. The zero-order valence-electron chi connectivity index (χ0n) is 15.1. The van der Waals surface area contributed by atoms with Crippen molar-refractivity contribution in [3.63, 3.8) is 0 Å². The topological polar surface area (TPSA) is 90.4 Å². The zero-order valence-corrected chi connectivity index (χ0v) is 15.1. The van der Waals surface area contributed by atoms with Crippen molar-refractivity contribution in [1.82, 2.24) is 5.32 Å². The van der Waals surface area contributed by atoms with Crippen molar-refractivity contribution in [1.29, 1.82) is 0 Å². The Morgan fingerprint density at radius 1 is 1.38 bits per heavy atom. The number of rotatable bonds is 8. The number of hydrogen-bond donors (Lipinski definition) is 3. The van der Waals surface area contributed by atoms with E-state index in [1.807, 2.05) is 18.2 Å². The van der Waals surface area contributed by atoms with Crippen LogP contribution < -0.4 is 16.8 Å². The number of ether oxygens (including phenoxy) is 1. The maximum absolute atomic E-state index is 11.7. The van der Waals surface area contributed by atoms with Gasteiger partial charge in [0, 0.05) is 30.6 Å². The van der Waals surface area contributed by atoms with Crippen molar-refractivity contribution >= 4 is 5.91 Å². The van der Waals surface area contributed by atoms with Gasteiger partial charge in [-0.05, 0) is 55.6 Å². The maximum Gasteiger partial charge on any atom is 0.248 e. The number of carbonyl (C=O) groups excluding carboxylic acids is 1. The van der Waals surface area contributed by atoms with E-state index in [9.17, 15) is 4.79 Å². The number of primary amides is 1. The Labute approximate surface area is 145 Å². The molecule has 0 saturated heterocycles. The van der Waals surface area contributed by atoms with Crippen LogP contribution in [0.5, 0.6) is 0 Å². The fraction of sp³-hybridized carbons (Fsp3) is 0.632. The summed E-state index contributed by atoms with van der Waals surface area (Å²) in [4.78, 5) is 11.7. The molecule has 0 aromatic heterocycles. The monoisotopic (exact) mass is 333 g/mol. The molecule has 0 radical (unpaired) electrons. The first-order valence-electron chi connectivity index (χ1n) is 8.93. The van der Waals surface area contributed by atoms with E-state index in [0.29, 0.717) is 12.1 Å². The number of methoxy groups -OCH3 is 1. The van der Waals surface area contributed by atoms with Crippen LogP contribution in [-0.4, -0.2) is 38.3 Å². The lowest BCUT2D eigenvalue weighted by molar-refractivity contribution is 0.0245. The molecule has 1 amide bonds. The van der Waals surface area contributed by atoms with Gasteiger partial charge in [-0.25, -0.2) is 0 Å². The number of amides is 1. The minimum atomic E-state index is -0.375. The van der Waals surface area contributed by atoms with E-state index in [2.05, 4.69) is 19.2 Å². The van der Waals surface area contributed by atoms with Gasteiger partial charge in [-0.1, -0.05) is 19.9 Å². The summed E-state index contributed by atoms with van der Waals surface area (Å²) in [6.07, 6.45) is 3.82. The Morgan fingerprint density at radius 3 is 2.62 bits per heavy atom. The number of hydrogen-bond acceptors (Lipinski definition) is 4. The number of benzene rings is 1. The lowest BCUT2D eigenvalue weighted by Gasteiger charge is -2.49. The molecule has 1 aliphatic rings. The molecular formula is C19H31N3O2. The second kappa shape index (κ2) is 8.10. The summed E-state index contributed by atoms with van der Waals surface area (Å²) in [6, 6.07) is 6.05. The van der Waals surface area contributed by atoms with Gasteiger partial charge in [-0.2, -0.15) is 0 Å². The molecule has 134 valence electrons. The van der Waals surface area contributed by atoms with Crippen molar-refractivity contribution in [2.24, 2.45) is 11.5 Å². The molecule has 5 nitrogen and oxygen atoms in total. The van der Waals surface area contributed by atoms with E-state index in [-0.39, 0.29) is 23.5 Å². The highest BCUT2D eigenvalue weighted by atomic mass is 16.5.